The van der Waals surface area contributed by atoms with Gasteiger partial charge < -0.3 is 16.0 Å². The molecule has 4 nitrogen and oxygen atoms in total. The Labute approximate surface area is 129 Å². The Bertz CT molecular complexity index is 391. The van der Waals surface area contributed by atoms with E-state index in [-0.39, 0.29) is 6.03 Å². The Kier molecular flexibility index (Phi) is 11.3. The fourth-order valence-electron chi connectivity index (χ4n) is 1.63. The van der Waals surface area contributed by atoms with E-state index >= 15 is 0 Å². The summed E-state index contributed by atoms with van der Waals surface area (Å²) >= 11 is 0. The molecule has 2 amide bonds. The van der Waals surface area contributed by atoms with Crippen LogP contribution in [0.3, 0.4) is 0 Å². The molecule has 1 aromatic rings. The molecule has 0 aliphatic heterocycles. The predicted molar refractivity (Wildman–Crippen MR) is 91.9 cm³/mol. The monoisotopic (exact) mass is 293 g/mol. The van der Waals surface area contributed by atoms with Gasteiger partial charge in [0.2, 0.25) is 0 Å². The second kappa shape index (κ2) is 12.2. The maximum absolute atomic E-state index is 11.0. The Morgan fingerprint density at radius 3 is 2.48 bits per heavy atom. The van der Waals surface area contributed by atoms with Crippen molar-refractivity contribution in [2.75, 3.05) is 18.9 Å². The molecule has 0 aliphatic rings. The average molecular weight is 293 g/mol. The summed E-state index contributed by atoms with van der Waals surface area (Å²) in [4.78, 5) is 11.0. The number of amides is 2. The Morgan fingerprint density at radius 2 is 1.95 bits per heavy atom. The fourth-order valence-corrected chi connectivity index (χ4v) is 1.63. The third-order valence-corrected chi connectivity index (χ3v) is 2.90. The van der Waals surface area contributed by atoms with E-state index in [1.54, 1.807) is 7.05 Å². The van der Waals surface area contributed by atoms with Crippen molar-refractivity contribution < 1.29 is 4.79 Å². The number of hydrogen-bond donors (Lipinski definition) is 3. The molecule has 0 aromatic heterocycles. The van der Waals surface area contributed by atoms with E-state index in [4.69, 9.17) is 0 Å². The highest BCUT2D eigenvalue weighted by atomic mass is 16.2. The lowest BCUT2D eigenvalue weighted by atomic mass is 10.1. The maximum atomic E-state index is 11.0. The first-order chi connectivity index (χ1) is 10.0. The van der Waals surface area contributed by atoms with Gasteiger partial charge in [-0.15, -0.1) is 0 Å². The van der Waals surface area contributed by atoms with Gasteiger partial charge in [-0.05, 0) is 37.1 Å². The summed E-state index contributed by atoms with van der Waals surface area (Å²) in [6.07, 6.45) is 3.57. The van der Waals surface area contributed by atoms with Crippen molar-refractivity contribution in [2.24, 2.45) is 0 Å². The van der Waals surface area contributed by atoms with Gasteiger partial charge in [0.05, 0.1) is 0 Å². The summed E-state index contributed by atoms with van der Waals surface area (Å²) < 4.78 is 0. The number of carbonyl (C=O) groups excluding carboxylic acids is 1. The predicted octanol–water partition coefficient (Wildman–Crippen LogP) is 3.78. The van der Waals surface area contributed by atoms with Crippen molar-refractivity contribution in [1.82, 2.24) is 10.6 Å². The van der Waals surface area contributed by atoms with E-state index in [2.05, 4.69) is 43.6 Å². The van der Waals surface area contributed by atoms with Crippen LogP contribution in [0.5, 0.6) is 0 Å². The number of aryl methyl sites for hydroxylation is 1. The Morgan fingerprint density at radius 1 is 1.24 bits per heavy atom. The van der Waals surface area contributed by atoms with E-state index in [1.807, 2.05) is 24.3 Å². The molecule has 0 atom stereocenters. The minimum absolute atomic E-state index is 0.187. The highest BCUT2D eigenvalue weighted by molar-refractivity contribution is 5.89. The molecule has 0 fully saturated rings. The molecule has 0 saturated heterocycles. The SMILES string of the molecule is CCCCNC(C)C.CCc1cccc(NC(=O)NC)c1. The number of benzene rings is 1. The van der Waals surface area contributed by atoms with Gasteiger partial charge in [0.25, 0.3) is 0 Å². The zero-order valence-corrected chi connectivity index (χ0v) is 14.1. The zero-order chi connectivity index (χ0) is 16.1. The van der Waals surface area contributed by atoms with Crippen LogP contribution in [0, 0.1) is 0 Å². The number of anilines is 1. The normalized spacial score (nSPS) is 9.81. The summed E-state index contributed by atoms with van der Waals surface area (Å²) in [6, 6.07) is 8.28. The summed E-state index contributed by atoms with van der Waals surface area (Å²) in [5.41, 5.74) is 2.05. The highest BCUT2D eigenvalue weighted by Crippen LogP contribution is 2.10. The highest BCUT2D eigenvalue weighted by Gasteiger charge is 1.97. The fraction of sp³-hybridized carbons (Fsp3) is 0.588. The summed E-state index contributed by atoms with van der Waals surface area (Å²) in [6.45, 7) is 9.82. The molecule has 1 aromatic carbocycles. The van der Waals surface area contributed by atoms with Crippen LogP contribution in [-0.4, -0.2) is 25.7 Å². The van der Waals surface area contributed by atoms with Crippen LogP contribution in [0.15, 0.2) is 24.3 Å². The number of rotatable bonds is 6. The van der Waals surface area contributed by atoms with Gasteiger partial charge in [-0.3, -0.25) is 0 Å². The minimum Gasteiger partial charge on any atom is -0.341 e. The van der Waals surface area contributed by atoms with Crippen LogP contribution in [0.25, 0.3) is 0 Å². The van der Waals surface area contributed by atoms with Crippen LogP contribution < -0.4 is 16.0 Å². The molecule has 0 heterocycles. The molecular formula is C17H31N3O. The molecule has 3 N–H and O–H groups in total. The number of hydrogen-bond acceptors (Lipinski definition) is 2. The molecule has 1 rings (SSSR count). The average Bonchev–Trinajstić information content (AvgIpc) is 2.48. The quantitative estimate of drug-likeness (QED) is 0.699. The van der Waals surface area contributed by atoms with E-state index in [1.165, 1.54) is 24.9 Å². The van der Waals surface area contributed by atoms with Gasteiger partial charge in [-0.1, -0.05) is 46.2 Å². The van der Waals surface area contributed by atoms with E-state index < -0.39 is 0 Å². The lowest BCUT2D eigenvalue weighted by Gasteiger charge is -2.05. The van der Waals surface area contributed by atoms with Gasteiger partial charge in [0.1, 0.15) is 0 Å². The van der Waals surface area contributed by atoms with E-state index in [9.17, 15) is 4.79 Å². The summed E-state index contributed by atoms with van der Waals surface area (Å²) in [5.74, 6) is 0. The lowest BCUT2D eigenvalue weighted by Crippen LogP contribution is -2.24. The second-order valence-corrected chi connectivity index (χ2v) is 5.22. The summed E-state index contributed by atoms with van der Waals surface area (Å²) in [7, 11) is 1.60. The van der Waals surface area contributed by atoms with E-state index in [0.717, 1.165) is 12.1 Å². The molecule has 120 valence electrons. The molecule has 0 radical (unpaired) electrons. The van der Waals surface area contributed by atoms with Gasteiger partial charge in [0, 0.05) is 18.8 Å². The third kappa shape index (κ3) is 10.9. The van der Waals surface area contributed by atoms with Crippen LogP contribution in [0.4, 0.5) is 10.5 Å². The third-order valence-electron chi connectivity index (χ3n) is 2.90. The Balaban J connectivity index is 0.000000433. The molecule has 0 bridgehead atoms. The van der Waals surface area contributed by atoms with Crippen molar-refractivity contribution in [1.29, 1.82) is 0 Å². The van der Waals surface area contributed by atoms with Crippen molar-refractivity contribution >= 4 is 11.7 Å². The minimum atomic E-state index is -0.187. The molecule has 21 heavy (non-hydrogen) atoms. The smallest absolute Gasteiger partial charge is 0.318 e. The molecule has 0 unspecified atom stereocenters. The number of carbonyl (C=O) groups is 1. The lowest BCUT2D eigenvalue weighted by molar-refractivity contribution is 0.254. The van der Waals surface area contributed by atoms with Crippen molar-refractivity contribution in [3.63, 3.8) is 0 Å². The topological polar surface area (TPSA) is 53.2 Å². The van der Waals surface area contributed by atoms with Gasteiger partial charge in [-0.2, -0.15) is 0 Å². The molecule has 0 aliphatic carbocycles. The number of urea groups is 1. The molecule has 0 saturated carbocycles. The second-order valence-electron chi connectivity index (χ2n) is 5.22. The maximum Gasteiger partial charge on any atom is 0.318 e. The van der Waals surface area contributed by atoms with Crippen LogP contribution in [0.1, 0.15) is 46.1 Å². The van der Waals surface area contributed by atoms with Crippen LogP contribution in [-0.2, 0) is 6.42 Å². The number of unbranched alkanes of at least 4 members (excludes halogenated alkanes) is 1. The van der Waals surface area contributed by atoms with Crippen molar-refractivity contribution in [2.45, 2.75) is 53.0 Å². The largest absolute Gasteiger partial charge is 0.341 e. The van der Waals surface area contributed by atoms with Gasteiger partial charge in [0.15, 0.2) is 0 Å². The van der Waals surface area contributed by atoms with E-state index in [0.29, 0.717) is 6.04 Å². The first kappa shape index (κ1) is 19.4. The number of nitrogens with one attached hydrogen (secondary N) is 3. The van der Waals surface area contributed by atoms with Gasteiger partial charge in [-0.25, -0.2) is 4.79 Å². The van der Waals surface area contributed by atoms with Crippen LogP contribution in [0.2, 0.25) is 0 Å². The first-order valence-corrected chi connectivity index (χ1v) is 7.84. The van der Waals surface area contributed by atoms with Gasteiger partial charge >= 0.3 is 6.03 Å². The Hall–Kier alpha value is -1.55. The molecule has 4 heteroatoms. The molecule has 0 spiro atoms. The standard InChI is InChI=1S/C10H14N2O.C7H17N/c1-3-8-5-4-6-9(7-8)12-10(13)11-2;1-4-5-6-8-7(2)3/h4-7H,3H2,1-2H3,(H2,11,12,13);7-8H,4-6H2,1-3H3. The van der Waals surface area contributed by atoms with Crippen molar-refractivity contribution in [3.05, 3.63) is 29.8 Å². The van der Waals surface area contributed by atoms with Crippen molar-refractivity contribution in [3.8, 4) is 0 Å². The first-order valence-electron chi connectivity index (χ1n) is 7.84. The summed E-state index contributed by atoms with van der Waals surface area (Å²) in [5, 5.41) is 8.56. The van der Waals surface area contributed by atoms with Crippen LogP contribution >= 0.6 is 0 Å². The molecular weight excluding hydrogens is 262 g/mol. The zero-order valence-electron chi connectivity index (χ0n) is 14.1.